The standard InChI is InChI=1S/C24H24N2O6S/c1-31-20-12-15(11-19(27)23(20)32-2)22(28)16(9-13-5-3-4-6-13)21(24(29)30)14-7-8-17-18(10-14)26-33-25-17/h7-8,10-13,27H,3-6,9H2,1-2H3,(H,29,30). The second-order valence-electron chi connectivity index (χ2n) is 8.04. The van der Waals surface area contributed by atoms with Crippen LogP contribution in [-0.2, 0) is 4.79 Å². The van der Waals surface area contributed by atoms with Crippen LogP contribution in [0.1, 0.15) is 48.0 Å². The third kappa shape index (κ3) is 4.54. The lowest BCUT2D eigenvalue weighted by Gasteiger charge is -2.17. The number of methoxy groups -OCH3 is 2. The van der Waals surface area contributed by atoms with Crippen molar-refractivity contribution in [3.63, 3.8) is 0 Å². The molecular weight excluding hydrogens is 444 g/mol. The molecule has 9 heteroatoms. The van der Waals surface area contributed by atoms with Crippen molar-refractivity contribution in [1.29, 1.82) is 0 Å². The van der Waals surface area contributed by atoms with Gasteiger partial charge in [0.1, 0.15) is 11.0 Å². The number of phenolic OH excluding ortho intramolecular Hbond substituents is 1. The van der Waals surface area contributed by atoms with Crippen LogP contribution >= 0.6 is 11.7 Å². The second kappa shape index (κ2) is 9.58. The smallest absolute Gasteiger partial charge is 0.336 e. The van der Waals surface area contributed by atoms with E-state index in [1.165, 1.54) is 26.4 Å². The van der Waals surface area contributed by atoms with E-state index < -0.39 is 11.8 Å². The molecule has 1 aliphatic rings. The van der Waals surface area contributed by atoms with Crippen molar-refractivity contribution in [2.75, 3.05) is 14.2 Å². The molecule has 1 aliphatic carbocycles. The largest absolute Gasteiger partial charge is 0.504 e. The van der Waals surface area contributed by atoms with Crippen LogP contribution < -0.4 is 9.47 Å². The van der Waals surface area contributed by atoms with E-state index in [-0.39, 0.29) is 39.9 Å². The van der Waals surface area contributed by atoms with Crippen LogP contribution in [0.15, 0.2) is 35.9 Å². The third-order valence-corrected chi connectivity index (χ3v) is 6.58. The van der Waals surface area contributed by atoms with Gasteiger partial charge in [-0.1, -0.05) is 31.7 Å². The van der Waals surface area contributed by atoms with Crippen LogP contribution in [0.2, 0.25) is 0 Å². The van der Waals surface area contributed by atoms with Crippen LogP contribution in [0.3, 0.4) is 0 Å². The van der Waals surface area contributed by atoms with Crippen LogP contribution in [0.5, 0.6) is 17.2 Å². The molecule has 0 aliphatic heterocycles. The van der Waals surface area contributed by atoms with E-state index in [4.69, 9.17) is 9.47 Å². The van der Waals surface area contributed by atoms with Crippen molar-refractivity contribution >= 4 is 40.1 Å². The Bertz CT molecular complexity index is 1240. The summed E-state index contributed by atoms with van der Waals surface area (Å²) >= 11 is 1.04. The number of hydrogen-bond donors (Lipinski definition) is 2. The number of aliphatic carboxylic acids is 1. The summed E-state index contributed by atoms with van der Waals surface area (Å²) < 4.78 is 18.8. The van der Waals surface area contributed by atoms with E-state index in [0.717, 1.165) is 37.4 Å². The predicted molar refractivity (Wildman–Crippen MR) is 124 cm³/mol. The van der Waals surface area contributed by atoms with E-state index >= 15 is 0 Å². The highest BCUT2D eigenvalue weighted by Gasteiger charge is 2.29. The zero-order chi connectivity index (χ0) is 23.5. The molecule has 0 radical (unpaired) electrons. The Kier molecular flexibility index (Phi) is 6.60. The molecule has 8 nitrogen and oxygen atoms in total. The molecule has 1 aromatic heterocycles. The maximum atomic E-state index is 13.7. The molecule has 0 saturated heterocycles. The minimum absolute atomic E-state index is 0.0592. The number of carbonyl (C=O) groups excluding carboxylic acids is 1. The maximum absolute atomic E-state index is 13.7. The quantitative estimate of drug-likeness (QED) is 0.360. The molecule has 3 aromatic rings. The highest BCUT2D eigenvalue weighted by atomic mass is 32.1. The summed E-state index contributed by atoms with van der Waals surface area (Å²) in [5.74, 6) is -1.40. The minimum Gasteiger partial charge on any atom is -0.504 e. The Balaban J connectivity index is 1.88. The zero-order valence-corrected chi connectivity index (χ0v) is 19.1. The minimum atomic E-state index is -1.19. The Morgan fingerprint density at radius 1 is 1.03 bits per heavy atom. The number of allylic oxidation sites excluding steroid dienone is 1. The molecule has 1 fully saturated rings. The summed E-state index contributed by atoms with van der Waals surface area (Å²) in [5.41, 5.74) is 1.91. The number of phenols is 1. The molecule has 2 N–H and O–H groups in total. The monoisotopic (exact) mass is 468 g/mol. The average molecular weight is 469 g/mol. The van der Waals surface area contributed by atoms with Crippen molar-refractivity contribution in [2.24, 2.45) is 5.92 Å². The summed E-state index contributed by atoms with van der Waals surface area (Å²) in [6.07, 6.45) is 4.33. The first-order chi connectivity index (χ1) is 15.9. The van der Waals surface area contributed by atoms with Crippen LogP contribution in [-0.4, -0.2) is 44.9 Å². The number of benzene rings is 2. The summed E-state index contributed by atoms with van der Waals surface area (Å²) in [5, 5.41) is 20.6. The van der Waals surface area contributed by atoms with Crippen LogP contribution in [0.25, 0.3) is 16.6 Å². The Hall–Kier alpha value is -3.46. The number of fused-ring (bicyclic) bond motifs is 1. The molecule has 33 heavy (non-hydrogen) atoms. The first kappa shape index (κ1) is 22.7. The number of aromatic nitrogens is 2. The highest BCUT2D eigenvalue weighted by molar-refractivity contribution is 7.00. The van der Waals surface area contributed by atoms with Crippen LogP contribution in [0, 0.1) is 5.92 Å². The van der Waals surface area contributed by atoms with E-state index in [9.17, 15) is 19.8 Å². The van der Waals surface area contributed by atoms with Gasteiger partial charge in [-0.05, 0) is 42.2 Å². The zero-order valence-electron chi connectivity index (χ0n) is 18.3. The number of rotatable bonds is 8. The van der Waals surface area contributed by atoms with E-state index in [1.807, 2.05) is 0 Å². The molecule has 2 aromatic carbocycles. The molecule has 0 spiro atoms. The number of carboxylic acids is 1. The van der Waals surface area contributed by atoms with Crippen molar-refractivity contribution in [3.8, 4) is 17.2 Å². The van der Waals surface area contributed by atoms with Crippen molar-refractivity contribution in [2.45, 2.75) is 32.1 Å². The summed E-state index contributed by atoms with van der Waals surface area (Å²) in [6.45, 7) is 0. The van der Waals surface area contributed by atoms with Gasteiger partial charge < -0.3 is 19.7 Å². The first-order valence-corrected chi connectivity index (χ1v) is 11.3. The number of hydrogen-bond acceptors (Lipinski definition) is 8. The number of carboxylic acid groups (broad SMARTS) is 1. The van der Waals surface area contributed by atoms with Gasteiger partial charge in [0.15, 0.2) is 17.3 Å². The second-order valence-corrected chi connectivity index (χ2v) is 8.57. The van der Waals surface area contributed by atoms with E-state index in [0.29, 0.717) is 23.0 Å². The fourth-order valence-corrected chi connectivity index (χ4v) is 4.94. The molecule has 172 valence electrons. The van der Waals surface area contributed by atoms with E-state index in [2.05, 4.69) is 8.75 Å². The van der Waals surface area contributed by atoms with E-state index in [1.54, 1.807) is 18.2 Å². The molecule has 0 unspecified atom stereocenters. The Labute approximate surface area is 194 Å². The Morgan fingerprint density at radius 3 is 2.42 bits per heavy atom. The van der Waals surface area contributed by atoms with Crippen LogP contribution in [0.4, 0.5) is 0 Å². The van der Waals surface area contributed by atoms with Gasteiger partial charge in [-0.2, -0.15) is 8.75 Å². The number of ketones is 1. The van der Waals surface area contributed by atoms with Gasteiger partial charge in [0.25, 0.3) is 0 Å². The summed E-state index contributed by atoms with van der Waals surface area (Å²) in [4.78, 5) is 26.2. The number of Topliss-reactive ketones (excluding diaryl/α,β-unsaturated/α-hetero) is 1. The number of nitrogens with zero attached hydrogens (tertiary/aromatic N) is 2. The number of carbonyl (C=O) groups is 2. The number of ether oxygens (including phenoxy) is 2. The van der Waals surface area contributed by atoms with Gasteiger partial charge in [-0.3, -0.25) is 4.79 Å². The lowest BCUT2D eigenvalue weighted by Crippen LogP contribution is -2.15. The van der Waals surface area contributed by atoms with Crippen molar-refractivity contribution < 1.29 is 29.3 Å². The van der Waals surface area contributed by atoms with Crippen molar-refractivity contribution in [3.05, 3.63) is 47.0 Å². The lowest BCUT2D eigenvalue weighted by atomic mass is 9.86. The maximum Gasteiger partial charge on any atom is 0.336 e. The summed E-state index contributed by atoms with van der Waals surface area (Å²) in [6, 6.07) is 7.75. The average Bonchev–Trinajstić information content (AvgIpc) is 3.48. The molecule has 4 rings (SSSR count). The molecule has 1 saturated carbocycles. The predicted octanol–water partition coefficient (Wildman–Crippen LogP) is 4.72. The van der Waals surface area contributed by atoms with Gasteiger partial charge in [0, 0.05) is 11.1 Å². The fourth-order valence-electron chi connectivity index (χ4n) is 4.43. The van der Waals surface area contributed by atoms with Crippen molar-refractivity contribution in [1.82, 2.24) is 8.75 Å². The van der Waals surface area contributed by atoms with Gasteiger partial charge in [0.05, 0.1) is 31.5 Å². The van der Waals surface area contributed by atoms with Gasteiger partial charge in [-0.25, -0.2) is 4.79 Å². The third-order valence-electron chi connectivity index (χ3n) is 6.02. The Morgan fingerprint density at radius 2 is 1.76 bits per heavy atom. The lowest BCUT2D eigenvalue weighted by molar-refractivity contribution is -0.130. The van der Waals surface area contributed by atoms with Gasteiger partial charge >= 0.3 is 5.97 Å². The van der Waals surface area contributed by atoms with Gasteiger partial charge in [-0.15, -0.1) is 0 Å². The molecule has 1 heterocycles. The molecule has 0 bridgehead atoms. The summed E-state index contributed by atoms with van der Waals surface area (Å²) in [7, 11) is 2.79. The normalized spacial score (nSPS) is 14.8. The topological polar surface area (TPSA) is 119 Å². The fraction of sp³-hybridized carbons (Fsp3) is 0.333. The first-order valence-electron chi connectivity index (χ1n) is 10.6. The van der Waals surface area contributed by atoms with Gasteiger partial charge in [0.2, 0.25) is 5.75 Å². The number of aromatic hydroxyl groups is 1. The SMILES string of the molecule is COc1cc(C(=O)C(CC2CCCC2)=C(C(=O)O)c2ccc3nsnc3c2)cc(O)c1OC. The highest BCUT2D eigenvalue weighted by Crippen LogP contribution is 2.40. The molecular formula is C24H24N2O6S. The molecule has 0 amide bonds. The molecule has 0 atom stereocenters.